The van der Waals surface area contributed by atoms with Crippen LogP contribution in [0, 0.1) is 0 Å². The zero-order valence-electron chi connectivity index (χ0n) is 11.0. The standard InChI is InChI=1S/C12H23F3N2O/c1-3-16-9-4-6-10(7-5-9)17(2)8-11(18)12(13,14)15/h9-11,16,18H,3-8H2,1-2H3. The van der Waals surface area contributed by atoms with E-state index in [0.29, 0.717) is 6.04 Å². The van der Waals surface area contributed by atoms with Crippen molar-refractivity contribution < 1.29 is 18.3 Å². The minimum Gasteiger partial charge on any atom is -0.382 e. The third-order valence-corrected chi connectivity index (χ3v) is 3.65. The second-order valence-corrected chi connectivity index (χ2v) is 5.06. The molecule has 1 aliphatic carbocycles. The van der Waals surface area contributed by atoms with Gasteiger partial charge in [-0.3, -0.25) is 0 Å². The molecule has 1 fully saturated rings. The van der Waals surface area contributed by atoms with Crippen LogP contribution in [0.15, 0.2) is 0 Å². The van der Waals surface area contributed by atoms with Crippen molar-refractivity contribution in [2.45, 2.75) is 57.0 Å². The van der Waals surface area contributed by atoms with E-state index in [4.69, 9.17) is 5.11 Å². The van der Waals surface area contributed by atoms with Crippen LogP contribution in [0.5, 0.6) is 0 Å². The van der Waals surface area contributed by atoms with Gasteiger partial charge in [-0.15, -0.1) is 0 Å². The molecule has 0 aromatic carbocycles. The number of aliphatic hydroxyl groups excluding tert-OH is 1. The van der Waals surface area contributed by atoms with E-state index < -0.39 is 12.3 Å². The molecule has 3 nitrogen and oxygen atoms in total. The van der Waals surface area contributed by atoms with Gasteiger partial charge >= 0.3 is 6.18 Å². The fraction of sp³-hybridized carbons (Fsp3) is 1.00. The van der Waals surface area contributed by atoms with Crippen LogP contribution >= 0.6 is 0 Å². The highest BCUT2D eigenvalue weighted by Gasteiger charge is 2.39. The Balaban J connectivity index is 2.34. The number of nitrogens with zero attached hydrogens (tertiary/aromatic N) is 1. The number of rotatable bonds is 5. The van der Waals surface area contributed by atoms with E-state index in [1.54, 1.807) is 11.9 Å². The molecule has 1 aliphatic rings. The Morgan fingerprint density at radius 3 is 2.28 bits per heavy atom. The van der Waals surface area contributed by atoms with Crippen molar-refractivity contribution in [1.82, 2.24) is 10.2 Å². The summed E-state index contributed by atoms with van der Waals surface area (Å²) in [5.41, 5.74) is 0. The minimum atomic E-state index is -4.52. The molecule has 2 N–H and O–H groups in total. The van der Waals surface area contributed by atoms with Gasteiger partial charge in [0, 0.05) is 18.6 Å². The largest absolute Gasteiger partial charge is 0.415 e. The second kappa shape index (κ2) is 6.73. The van der Waals surface area contributed by atoms with E-state index in [1.165, 1.54) is 0 Å². The van der Waals surface area contributed by atoms with Crippen LogP contribution in [0.2, 0.25) is 0 Å². The number of aliphatic hydroxyl groups is 1. The van der Waals surface area contributed by atoms with Crippen molar-refractivity contribution in [2.24, 2.45) is 0 Å². The number of halogens is 3. The van der Waals surface area contributed by atoms with Gasteiger partial charge < -0.3 is 15.3 Å². The molecule has 0 aliphatic heterocycles. The van der Waals surface area contributed by atoms with Gasteiger partial charge in [-0.25, -0.2) is 0 Å². The first-order valence-corrected chi connectivity index (χ1v) is 6.53. The van der Waals surface area contributed by atoms with Gasteiger partial charge in [-0.1, -0.05) is 6.92 Å². The highest BCUT2D eigenvalue weighted by Crippen LogP contribution is 2.25. The van der Waals surface area contributed by atoms with E-state index in [1.807, 2.05) is 0 Å². The van der Waals surface area contributed by atoms with Crippen LogP contribution in [-0.4, -0.2) is 54.5 Å². The van der Waals surface area contributed by atoms with Gasteiger partial charge in [-0.05, 0) is 39.3 Å². The molecule has 1 atom stereocenters. The molecule has 0 saturated heterocycles. The van der Waals surface area contributed by atoms with Gasteiger partial charge in [0.25, 0.3) is 0 Å². The van der Waals surface area contributed by atoms with Gasteiger partial charge in [0.05, 0.1) is 0 Å². The summed E-state index contributed by atoms with van der Waals surface area (Å²) in [4.78, 5) is 1.64. The number of alkyl halides is 3. The third-order valence-electron chi connectivity index (χ3n) is 3.65. The van der Waals surface area contributed by atoms with E-state index in [0.717, 1.165) is 32.2 Å². The molecule has 6 heteroatoms. The highest BCUT2D eigenvalue weighted by molar-refractivity contribution is 4.83. The van der Waals surface area contributed by atoms with E-state index >= 15 is 0 Å². The highest BCUT2D eigenvalue weighted by atomic mass is 19.4. The zero-order chi connectivity index (χ0) is 13.8. The monoisotopic (exact) mass is 268 g/mol. The summed E-state index contributed by atoms with van der Waals surface area (Å²) in [6.07, 6.45) is -3.00. The quantitative estimate of drug-likeness (QED) is 0.797. The normalized spacial score (nSPS) is 27.5. The zero-order valence-corrected chi connectivity index (χ0v) is 11.0. The van der Waals surface area contributed by atoms with E-state index in [2.05, 4.69) is 12.2 Å². The Labute approximate surface area is 106 Å². The molecule has 0 amide bonds. The summed E-state index contributed by atoms with van der Waals surface area (Å²) in [5, 5.41) is 12.4. The predicted molar refractivity (Wildman–Crippen MR) is 64.4 cm³/mol. The SMILES string of the molecule is CCNC1CCC(N(C)CC(O)C(F)(F)F)CC1. The van der Waals surface area contributed by atoms with E-state index in [9.17, 15) is 13.2 Å². The summed E-state index contributed by atoms with van der Waals surface area (Å²) in [5.74, 6) is 0. The van der Waals surface area contributed by atoms with Crippen molar-refractivity contribution in [1.29, 1.82) is 0 Å². The second-order valence-electron chi connectivity index (χ2n) is 5.06. The maximum Gasteiger partial charge on any atom is 0.415 e. The molecular weight excluding hydrogens is 245 g/mol. The number of likely N-dealkylation sites (N-methyl/N-ethyl adjacent to an activating group) is 1. The number of nitrogens with one attached hydrogen (secondary N) is 1. The van der Waals surface area contributed by atoms with Crippen LogP contribution in [0.3, 0.4) is 0 Å². The molecule has 0 aromatic rings. The van der Waals surface area contributed by atoms with Crippen LogP contribution in [0.1, 0.15) is 32.6 Å². The topological polar surface area (TPSA) is 35.5 Å². The van der Waals surface area contributed by atoms with Crippen molar-refractivity contribution in [3.05, 3.63) is 0 Å². The first-order chi connectivity index (χ1) is 8.34. The van der Waals surface area contributed by atoms with Crippen LogP contribution in [0.25, 0.3) is 0 Å². The Morgan fingerprint density at radius 1 is 1.28 bits per heavy atom. The van der Waals surface area contributed by atoms with Crippen LogP contribution in [-0.2, 0) is 0 Å². The smallest absolute Gasteiger partial charge is 0.382 e. The summed E-state index contributed by atoms with van der Waals surface area (Å²) >= 11 is 0. The predicted octanol–water partition coefficient (Wildman–Crippen LogP) is 1.76. The Morgan fingerprint density at radius 2 is 1.83 bits per heavy atom. The molecule has 0 bridgehead atoms. The molecule has 0 radical (unpaired) electrons. The fourth-order valence-electron chi connectivity index (χ4n) is 2.53. The Bertz CT molecular complexity index is 240. The Hall–Kier alpha value is -0.330. The van der Waals surface area contributed by atoms with Crippen LogP contribution in [0.4, 0.5) is 13.2 Å². The van der Waals surface area contributed by atoms with Crippen LogP contribution < -0.4 is 5.32 Å². The number of hydrogen-bond donors (Lipinski definition) is 2. The van der Waals surface area contributed by atoms with Crippen molar-refractivity contribution in [3.63, 3.8) is 0 Å². The summed E-state index contributed by atoms with van der Waals surface area (Å²) in [6, 6.07) is 0.643. The van der Waals surface area contributed by atoms with Gasteiger partial charge in [0.2, 0.25) is 0 Å². The lowest BCUT2D eigenvalue weighted by molar-refractivity contribution is -0.208. The van der Waals surface area contributed by atoms with Crippen molar-refractivity contribution in [3.8, 4) is 0 Å². The molecule has 108 valence electrons. The lowest BCUT2D eigenvalue weighted by Crippen LogP contribution is -2.46. The summed E-state index contributed by atoms with van der Waals surface area (Å²) in [6.45, 7) is 2.65. The Kier molecular flexibility index (Phi) is 5.88. The maximum atomic E-state index is 12.3. The third kappa shape index (κ3) is 4.74. The molecular formula is C12H23F3N2O. The molecule has 0 spiro atoms. The summed E-state index contributed by atoms with van der Waals surface area (Å²) in [7, 11) is 1.66. The first kappa shape index (κ1) is 15.7. The summed E-state index contributed by atoms with van der Waals surface area (Å²) < 4.78 is 36.8. The molecule has 1 unspecified atom stereocenters. The molecule has 18 heavy (non-hydrogen) atoms. The lowest BCUT2D eigenvalue weighted by atomic mass is 9.90. The van der Waals surface area contributed by atoms with Gasteiger partial charge in [0.15, 0.2) is 6.10 Å². The molecule has 0 aromatic heterocycles. The van der Waals surface area contributed by atoms with Gasteiger partial charge in [0.1, 0.15) is 0 Å². The van der Waals surface area contributed by atoms with Gasteiger partial charge in [-0.2, -0.15) is 13.2 Å². The average Bonchev–Trinajstić information content (AvgIpc) is 2.29. The maximum absolute atomic E-state index is 12.3. The molecule has 1 saturated carbocycles. The average molecular weight is 268 g/mol. The fourth-order valence-corrected chi connectivity index (χ4v) is 2.53. The van der Waals surface area contributed by atoms with Crippen molar-refractivity contribution in [2.75, 3.05) is 20.1 Å². The molecule has 0 heterocycles. The van der Waals surface area contributed by atoms with E-state index in [-0.39, 0.29) is 12.6 Å². The lowest BCUT2D eigenvalue weighted by Gasteiger charge is -2.36. The molecule has 1 rings (SSSR count). The first-order valence-electron chi connectivity index (χ1n) is 6.53. The van der Waals surface area contributed by atoms with Crippen molar-refractivity contribution >= 4 is 0 Å². The number of hydrogen-bond acceptors (Lipinski definition) is 3. The minimum absolute atomic E-state index is 0.150.